The molecule has 9 nitrogen and oxygen atoms in total. The van der Waals surface area contributed by atoms with E-state index in [0.717, 1.165) is 12.1 Å². The zero-order valence-corrected chi connectivity index (χ0v) is 20.1. The molecule has 1 aromatic heterocycles. The Morgan fingerprint density at radius 2 is 1.94 bits per heavy atom. The lowest BCUT2D eigenvalue weighted by atomic mass is 9.89. The number of nitrogens with one attached hydrogen (secondary N) is 1. The Labute approximate surface area is 205 Å². The first kappa shape index (κ1) is 24.4. The summed E-state index contributed by atoms with van der Waals surface area (Å²) in [5.74, 6) is -3.97. The number of nitrogens with zero attached hydrogens (tertiary/aromatic N) is 2. The Balaban J connectivity index is 1.55. The van der Waals surface area contributed by atoms with Gasteiger partial charge in [0.05, 0.1) is 12.6 Å². The molecule has 4 heterocycles. The molecular formula is C25H27F2N3O6. The van der Waals surface area contributed by atoms with Crippen LogP contribution in [0.15, 0.2) is 23.1 Å². The van der Waals surface area contributed by atoms with Gasteiger partial charge in [-0.05, 0) is 51.3 Å². The summed E-state index contributed by atoms with van der Waals surface area (Å²) in [6.45, 7) is 5.17. The SMILES string of the molecule is Cc1cc(F)c(CNC(=O)c2cn3c(c(O)c2=O)C(=O)N2C[C@@H]3[C@]3(CC[C@@H]2C)CO[C@H](C)O3)c(F)c1. The van der Waals surface area contributed by atoms with Crippen LogP contribution < -0.4 is 10.7 Å². The fourth-order valence-electron chi connectivity index (χ4n) is 5.43. The number of aromatic nitrogens is 1. The molecule has 1 aromatic carbocycles. The molecule has 2 bridgehead atoms. The van der Waals surface area contributed by atoms with Crippen molar-refractivity contribution in [2.75, 3.05) is 13.2 Å². The van der Waals surface area contributed by atoms with Gasteiger partial charge in [0, 0.05) is 30.9 Å². The van der Waals surface area contributed by atoms with Gasteiger partial charge in [0.25, 0.3) is 11.8 Å². The van der Waals surface area contributed by atoms with Crippen LogP contribution in [0.25, 0.3) is 0 Å². The quantitative estimate of drug-likeness (QED) is 0.666. The van der Waals surface area contributed by atoms with Crippen LogP contribution in [0.3, 0.4) is 0 Å². The van der Waals surface area contributed by atoms with Gasteiger partial charge in [-0.1, -0.05) is 0 Å². The van der Waals surface area contributed by atoms with Crippen molar-refractivity contribution in [1.82, 2.24) is 14.8 Å². The first-order valence-corrected chi connectivity index (χ1v) is 11.8. The molecule has 0 aliphatic carbocycles. The Kier molecular flexibility index (Phi) is 5.87. The fraction of sp³-hybridized carbons (Fsp3) is 0.480. The minimum atomic E-state index is -1.05. The molecule has 2 amide bonds. The van der Waals surface area contributed by atoms with Crippen LogP contribution in [0.5, 0.6) is 5.75 Å². The van der Waals surface area contributed by atoms with E-state index in [2.05, 4.69) is 5.32 Å². The lowest BCUT2D eigenvalue weighted by molar-refractivity contribution is -0.0988. The number of hydrogen-bond donors (Lipinski definition) is 2. The maximum Gasteiger partial charge on any atom is 0.274 e. The predicted molar refractivity (Wildman–Crippen MR) is 123 cm³/mol. The second-order valence-electron chi connectivity index (χ2n) is 9.79. The standard InChI is InChI=1S/C25H27F2N3O6/c1-12-6-17(26)15(18(27)7-12)8-28-23(33)16-9-30-19-10-29(24(34)20(30)22(32)21(16)31)13(2)4-5-25(19)11-35-14(3)36-25/h6-7,9,13-14,19,32H,4-5,8,10-11H2,1-3H3,(H,28,33)/t13-,14-,19+,25-/m0/s1. The number of aromatic hydroxyl groups is 1. The van der Waals surface area contributed by atoms with Crippen LogP contribution >= 0.6 is 0 Å². The molecule has 5 rings (SSSR count). The van der Waals surface area contributed by atoms with Crippen LogP contribution in [-0.2, 0) is 16.0 Å². The Bertz CT molecular complexity index is 1300. The van der Waals surface area contributed by atoms with Crippen LogP contribution in [0.4, 0.5) is 8.78 Å². The zero-order valence-electron chi connectivity index (χ0n) is 20.1. The van der Waals surface area contributed by atoms with Gasteiger partial charge in [0.15, 0.2) is 17.7 Å². The third-order valence-electron chi connectivity index (χ3n) is 7.42. The third kappa shape index (κ3) is 3.77. The summed E-state index contributed by atoms with van der Waals surface area (Å²) in [5.41, 5.74) is -2.53. The molecule has 3 aliphatic heterocycles. The highest BCUT2D eigenvalue weighted by atomic mass is 19.1. The van der Waals surface area contributed by atoms with Gasteiger partial charge in [-0.3, -0.25) is 14.4 Å². The van der Waals surface area contributed by atoms with Crippen LogP contribution in [0, 0.1) is 18.6 Å². The molecular weight excluding hydrogens is 476 g/mol. The number of hydrogen-bond acceptors (Lipinski definition) is 6. The highest BCUT2D eigenvalue weighted by molar-refractivity contribution is 5.99. The summed E-state index contributed by atoms with van der Waals surface area (Å²) in [7, 11) is 0. The molecule has 2 N–H and O–H groups in total. The summed E-state index contributed by atoms with van der Waals surface area (Å²) in [6, 6.07) is 1.58. The predicted octanol–water partition coefficient (Wildman–Crippen LogP) is 2.38. The number of rotatable bonds is 3. The van der Waals surface area contributed by atoms with Crippen molar-refractivity contribution in [2.45, 2.75) is 64.1 Å². The van der Waals surface area contributed by atoms with Gasteiger partial charge in [-0.25, -0.2) is 8.78 Å². The van der Waals surface area contributed by atoms with Crippen molar-refractivity contribution in [1.29, 1.82) is 0 Å². The largest absolute Gasteiger partial charge is 0.503 e. The monoisotopic (exact) mass is 503 g/mol. The van der Waals surface area contributed by atoms with Gasteiger partial charge < -0.3 is 29.4 Å². The van der Waals surface area contributed by atoms with Crippen LogP contribution in [0.2, 0.25) is 0 Å². The van der Waals surface area contributed by atoms with E-state index in [1.54, 1.807) is 11.8 Å². The number of amides is 2. The summed E-state index contributed by atoms with van der Waals surface area (Å²) in [6.07, 6.45) is 1.92. The molecule has 36 heavy (non-hydrogen) atoms. The molecule has 0 radical (unpaired) electrons. The van der Waals surface area contributed by atoms with Crippen molar-refractivity contribution in [3.05, 3.63) is 62.6 Å². The highest BCUT2D eigenvalue weighted by Crippen LogP contribution is 2.45. The number of halogens is 2. The van der Waals surface area contributed by atoms with Crippen molar-refractivity contribution in [3.8, 4) is 5.75 Å². The van der Waals surface area contributed by atoms with E-state index in [-0.39, 0.29) is 30.5 Å². The summed E-state index contributed by atoms with van der Waals surface area (Å²) in [4.78, 5) is 40.8. The molecule has 3 aliphatic rings. The van der Waals surface area contributed by atoms with E-state index < -0.39 is 64.7 Å². The molecule has 4 atom stereocenters. The molecule has 2 aromatic rings. The molecule has 0 saturated carbocycles. The van der Waals surface area contributed by atoms with Crippen molar-refractivity contribution < 1.29 is 33.0 Å². The van der Waals surface area contributed by atoms with Crippen molar-refractivity contribution in [2.24, 2.45) is 0 Å². The van der Waals surface area contributed by atoms with Crippen molar-refractivity contribution in [3.63, 3.8) is 0 Å². The number of aryl methyl sites for hydroxylation is 1. The Morgan fingerprint density at radius 3 is 2.58 bits per heavy atom. The Morgan fingerprint density at radius 1 is 1.25 bits per heavy atom. The first-order chi connectivity index (χ1) is 17.0. The number of pyridine rings is 1. The first-order valence-electron chi connectivity index (χ1n) is 11.8. The van der Waals surface area contributed by atoms with Gasteiger partial charge in [-0.15, -0.1) is 0 Å². The van der Waals surface area contributed by atoms with E-state index in [4.69, 9.17) is 9.47 Å². The number of fused-ring (bicyclic) bond motifs is 5. The number of ether oxygens (including phenoxy) is 2. The van der Waals surface area contributed by atoms with Gasteiger partial charge in [0.2, 0.25) is 5.43 Å². The second kappa shape index (κ2) is 8.67. The summed E-state index contributed by atoms with van der Waals surface area (Å²) >= 11 is 0. The molecule has 0 unspecified atom stereocenters. The molecule has 192 valence electrons. The lowest BCUT2D eigenvalue weighted by Gasteiger charge is -2.42. The van der Waals surface area contributed by atoms with Crippen molar-refractivity contribution >= 4 is 11.8 Å². The maximum absolute atomic E-state index is 14.2. The summed E-state index contributed by atoms with van der Waals surface area (Å²) in [5, 5.41) is 13.2. The summed E-state index contributed by atoms with van der Waals surface area (Å²) < 4.78 is 41.8. The lowest BCUT2D eigenvalue weighted by Crippen LogP contribution is -2.53. The number of benzene rings is 1. The average Bonchev–Trinajstić information content (AvgIpc) is 3.14. The smallest absolute Gasteiger partial charge is 0.274 e. The molecule has 11 heteroatoms. The molecule has 2 saturated heterocycles. The normalized spacial score (nSPS) is 27.2. The zero-order chi connectivity index (χ0) is 25.9. The maximum atomic E-state index is 14.2. The number of carbonyl (C=O) groups excluding carboxylic acids is 2. The Hall–Kier alpha value is -3.31. The van der Waals surface area contributed by atoms with Gasteiger partial charge in [0.1, 0.15) is 22.8 Å². The van der Waals surface area contributed by atoms with E-state index >= 15 is 0 Å². The topological polar surface area (TPSA) is 110 Å². The van der Waals surface area contributed by atoms with E-state index in [0.29, 0.717) is 18.4 Å². The second-order valence-corrected chi connectivity index (χ2v) is 9.79. The van der Waals surface area contributed by atoms with Crippen LogP contribution in [0.1, 0.15) is 64.7 Å². The fourth-order valence-corrected chi connectivity index (χ4v) is 5.43. The van der Waals surface area contributed by atoms with E-state index in [9.17, 15) is 28.3 Å². The number of carbonyl (C=O) groups is 2. The van der Waals surface area contributed by atoms with E-state index in [1.165, 1.54) is 17.7 Å². The molecule has 2 fully saturated rings. The third-order valence-corrected chi connectivity index (χ3v) is 7.42. The minimum Gasteiger partial charge on any atom is -0.503 e. The minimum absolute atomic E-state index is 0.163. The molecule has 1 spiro atoms. The van der Waals surface area contributed by atoms with Gasteiger partial charge >= 0.3 is 0 Å². The highest BCUT2D eigenvalue weighted by Gasteiger charge is 2.54. The van der Waals surface area contributed by atoms with Crippen LogP contribution in [-0.4, -0.2) is 57.5 Å². The van der Waals surface area contributed by atoms with Gasteiger partial charge in [-0.2, -0.15) is 0 Å². The average molecular weight is 504 g/mol. The van der Waals surface area contributed by atoms with E-state index in [1.807, 2.05) is 6.92 Å².